The van der Waals surface area contributed by atoms with Crippen molar-refractivity contribution >= 4 is 17.2 Å². The molecule has 0 unspecified atom stereocenters. The van der Waals surface area contributed by atoms with Crippen LogP contribution < -0.4 is 11.1 Å². The number of benzene rings is 1. The molecule has 2 rings (SSSR count). The van der Waals surface area contributed by atoms with Crippen LogP contribution in [-0.2, 0) is 6.54 Å². The molecule has 21 heavy (non-hydrogen) atoms. The molecule has 0 aliphatic rings. The number of nitrogens with one attached hydrogen (secondary N) is 1. The standard InChI is InChI=1S/C17H18N2OS/c1-12-5-6-15(10-13(12)2)17(20)19-11-16-14(4-3-8-18)7-9-21-16/h5-7,9-10H,8,11,18H2,1-2H3,(H,19,20). The van der Waals surface area contributed by atoms with Crippen LogP contribution in [-0.4, -0.2) is 12.5 Å². The van der Waals surface area contributed by atoms with Crippen molar-refractivity contribution in [3.05, 3.63) is 56.8 Å². The van der Waals surface area contributed by atoms with E-state index in [1.165, 1.54) is 5.56 Å². The maximum atomic E-state index is 12.2. The highest BCUT2D eigenvalue weighted by Crippen LogP contribution is 2.16. The van der Waals surface area contributed by atoms with Gasteiger partial charge in [-0.1, -0.05) is 17.9 Å². The molecule has 0 atom stereocenters. The van der Waals surface area contributed by atoms with Crippen molar-refractivity contribution in [3.63, 3.8) is 0 Å². The molecule has 0 fully saturated rings. The molecule has 3 nitrogen and oxygen atoms in total. The largest absolute Gasteiger partial charge is 0.347 e. The molecule has 0 saturated heterocycles. The minimum Gasteiger partial charge on any atom is -0.347 e. The van der Waals surface area contributed by atoms with Gasteiger partial charge in [0.25, 0.3) is 5.91 Å². The maximum absolute atomic E-state index is 12.2. The van der Waals surface area contributed by atoms with E-state index in [9.17, 15) is 4.79 Å². The number of thiophene rings is 1. The average Bonchev–Trinajstić information content (AvgIpc) is 2.92. The van der Waals surface area contributed by atoms with Gasteiger partial charge in [0.1, 0.15) is 0 Å². The first-order valence-electron chi connectivity index (χ1n) is 6.72. The minimum absolute atomic E-state index is 0.0655. The number of amides is 1. The lowest BCUT2D eigenvalue weighted by molar-refractivity contribution is 0.0951. The number of aryl methyl sites for hydroxylation is 2. The van der Waals surface area contributed by atoms with Crippen LogP contribution in [0.4, 0.5) is 0 Å². The zero-order chi connectivity index (χ0) is 15.2. The molecule has 2 aromatic rings. The Morgan fingerprint density at radius 2 is 2.10 bits per heavy atom. The normalized spacial score (nSPS) is 9.86. The predicted molar refractivity (Wildman–Crippen MR) is 87.3 cm³/mol. The summed E-state index contributed by atoms with van der Waals surface area (Å²) < 4.78 is 0. The quantitative estimate of drug-likeness (QED) is 0.856. The Morgan fingerprint density at radius 3 is 2.81 bits per heavy atom. The molecule has 0 bridgehead atoms. The van der Waals surface area contributed by atoms with E-state index in [0.717, 1.165) is 16.0 Å². The summed E-state index contributed by atoms with van der Waals surface area (Å²) in [6, 6.07) is 7.67. The highest BCUT2D eigenvalue weighted by Gasteiger charge is 2.08. The number of carbonyl (C=O) groups excluding carboxylic acids is 1. The third kappa shape index (κ3) is 3.94. The van der Waals surface area contributed by atoms with Crippen molar-refractivity contribution in [2.24, 2.45) is 5.73 Å². The van der Waals surface area contributed by atoms with E-state index >= 15 is 0 Å². The van der Waals surface area contributed by atoms with Gasteiger partial charge < -0.3 is 11.1 Å². The van der Waals surface area contributed by atoms with Crippen LogP contribution in [0.1, 0.15) is 31.9 Å². The fraction of sp³-hybridized carbons (Fsp3) is 0.235. The fourth-order valence-corrected chi connectivity index (χ4v) is 2.65. The molecule has 0 radical (unpaired) electrons. The number of rotatable bonds is 3. The molecule has 4 heteroatoms. The first-order valence-corrected chi connectivity index (χ1v) is 7.60. The second-order valence-electron chi connectivity index (χ2n) is 4.75. The number of hydrogen-bond acceptors (Lipinski definition) is 3. The van der Waals surface area contributed by atoms with Crippen LogP contribution in [0.5, 0.6) is 0 Å². The van der Waals surface area contributed by atoms with Gasteiger partial charge in [-0.25, -0.2) is 0 Å². The molecule has 0 aliphatic heterocycles. The molecule has 0 saturated carbocycles. The zero-order valence-corrected chi connectivity index (χ0v) is 13.0. The number of carbonyl (C=O) groups is 1. The monoisotopic (exact) mass is 298 g/mol. The van der Waals surface area contributed by atoms with Crippen LogP contribution >= 0.6 is 11.3 Å². The van der Waals surface area contributed by atoms with E-state index in [0.29, 0.717) is 18.7 Å². The van der Waals surface area contributed by atoms with Crippen molar-refractivity contribution in [1.29, 1.82) is 0 Å². The van der Waals surface area contributed by atoms with Crippen molar-refractivity contribution in [2.75, 3.05) is 6.54 Å². The molecule has 3 N–H and O–H groups in total. The van der Waals surface area contributed by atoms with Gasteiger partial charge in [-0.2, -0.15) is 0 Å². The third-order valence-electron chi connectivity index (χ3n) is 3.25. The molecule has 1 amide bonds. The lowest BCUT2D eigenvalue weighted by Gasteiger charge is -2.06. The SMILES string of the molecule is Cc1ccc(C(=O)NCc2sccc2C#CCN)cc1C. The lowest BCUT2D eigenvalue weighted by atomic mass is 10.1. The minimum atomic E-state index is -0.0655. The van der Waals surface area contributed by atoms with Gasteiger partial charge in [0.15, 0.2) is 0 Å². The molecule has 1 aromatic heterocycles. The van der Waals surface area contributed by atoms with E-state index in [1.807, 2.05) is 43.5 Å². The van der Waals surface area contributed by atoms with Crippen LogP contribution in [0.25, 0.3) is 0 Å². The maximum Gasteiger partial charge on any atom is 0.251 e. The van der Waals surface area contributed by atoms with Crippen LogP contribution in [0.2, 0.25) is 0 Å². The molecular formula is C17H18N2OS. The molecule has 0 spiro atoms. The Kier molecular flexibility index (Phi) is 5.15. The Labute approximate surface area is 129 Å². The van der Waals surface area contributed by atoms with E-state index < -0.39 is 0 Å². The summed E-state index contributed by atoms with van der Waals surface area (Å²) in [5, 5.41) is 4.91. The van der Waals surface area contributed by atoms with E-state index in [2.05, 4.69) is 17.2 Å². The van der Waals surface area contributed by atoms with Crippen LogP contribution in [0, 0.1) is 25.7 Å². The molecule has 108 valence electrons. The van der Waals surface area contributed by atoms with E-state index in [1.54, 1.807) is 11.3 Å². The van der Waals surface area contributed by atoms with Crippen molar-refractivity contribution in [3.8, 4) is 11.8 Å². The fourth-order valence-electron chi connectivity index (χ4n) is 1.88. The molecule has 0 aliphatic carbocycles. The predicted octanol–water partition coefficient (Wildman–Crippen LogP) is 2.61. The average molecular weight is 298 g/mol. The van der Waals surface area contributed by atoms with Crippen molar-refractivity contribution < 1.29 is 4.79 Å². The Hall–Kier alpha value is -2.09. The summed E-state index contributed by atoms with van der Waals surface area (Å²) in [5.41, 5.74) is 9.30. The molecule has 1 heterocycles. The first kappa shape index (κ1) is 15.3. The Morgan fingerprint density at radius 1 is 1.29 bits per heavy atom. The van der Waals surface area contributed by atoms with Crippen LogP contribution in [0.15, 0.2) is 29.6 Å². The van der Waals surface area contributed by atoms with Gasteiger partial charge in [-0.05, 0) is 48.6 Å². The Balaban J connectivity index is 2.04. The smallest absolute Gasteiger partial charge is 0.251 e. The van der Waals surface area contributed by atoms with Gasteiger partial charge in [0, 0.05) is 16.0 Å². The summed E-state index contributed by atoms with van der Waals surface area (Å²) in [6.07, 6.45) is 0. The highest BCUT2D eigenvalue weighted by molar-refractivity contribution is 7.10. The summed E-state index contributed by atoms with van der Waals surface area (Å²) in [7, 11) is 0. The number of nitrogens with two attached hydrogens (primary N) is 1. The molecular weight excluding hydrogens is 280 g/mol. The lowest BCUT2D eigenvalue weighted by Crippen LogP contribution is -2.22. The van der Waals surface area contributed by atoms with E-state index in [-0.39, 0.29) is 5.91 Å². The van der Waals surface area contributed by atoms with Crippen molar-refractivity contribution in [1.82, 2.24) is 5.32 Å². The van der Waals surface area contributed by atoms with Crippen LogP contribution in [0.3, 0.4) is 0 Å². The van der Waals surface area contributed by atoms with E-state index in [4.69, 9.17) is 5.73 Å². The second-order valence-corrected chi connectivity index (χ2v) is 5.75. The van der Waals surface area contributed by atoms with Crippen molar-refractivity contribution in [2.45, 2.75) is 20.4 Å². The molecule has 1 aromatic carbocycles. The third-order valence-corrected chi connectivity index (χ3v) is 4.17. The summed E-state index contributed by atoms with van der Waals surface area (Å²) >= 11 is 1.58. The van der Waals surface area contributed by atoms with Gasteiger partial charge in [0.2, 0.25) is 0 Å². The zero-order valence-electron chi connectivity index (χ0n) is 12.2. The van der Waals surface area contributed by atoms with Gasteiger partial charge in [-0.15, -0.1) is 11.3 Å². The second kappa shape index (κ2) is 7.07. The van der Waals surface area contributed by atoms with Gasteiger partial charge in [-0.3, -0.25) is 4.79 Å². The van der Waals surface area contributed by atoms with Gasteiger partial charge in [0.05, 0.1) is 13.1 Å². The first-order chi connectivity index (χ1) is 10.1. The summed E-state index contributed by atoms with van der Waals surface area (Å²) in [4.78, 5) is 13.2. The highest BCUT2D eigenvalue weighted by atomic mass is 32.1. The number of hydrogen-bond donors (Lipinski definition) is 2. The van der Waals surface area contributed by atoms with Gasteiger partial charge >= 0.3 is 0 Å². The Bertz CT molecular complexity index is 707. The summed E-state index contributed by atoms with van der Waals surface area (Å²) in [5.74, 6) is 5.79. The topological polar surface area (TPSA) is 55.1 Å². The summed E-state index contributed by atoms with van der Waals surface area (Å²) in [6.45, 7) is 4.86.